The van der Waals surface area contributed by atoms with Gasteiger partial charge in [-0.15, -0.1) is 0 Å². The number of nitrogens with two attached hydrogens (primary N) is 3. The molecular weight excluding hydrogens is 200 g/mol. The van der Waals surface area contributed by atoms with Gasteiger partial charge in [-0.25, -0.2) is 0 Å². The molecule has 1 aliphatic carbocycles. The van der Waals surface area contributed by atoms with Crippen LogP contribution >= 0.6 is 0 Å². The van der Waals surface area contributed by atoms with Crippen LogP contribution in [0.15, 0.2) is 0 Å². The fourth-order valence-corrected chi connectivity index (χ4v) is 2.60. The quantitative estimate of drug-likeness (QED) is 0.462. The van der Waals surface area contributed by atoms with Crippen molar-refractivity contribution < 1.29 is 0 Å². The van der Waals surface area contributed by atoms with Crippen molar-refractivity contribution in [2.45, 2.75) is 38.1 Å². The van der Waals surface area contributed by atoms with Crippen LogP contribution < -0.4 is 22.5 Å². The van der Waals surface area contributed by atoms with Gasteiger partial charge >= 0.3 is 0 Å². The molecule has 0 amide bonds. The average molecular weight is 228 g/mol. The smallest absolute Gasteiger partial charge is 0.0165 e. The van der Waals surface area contributed by atoms with E-state index in [-0.39, 0.29) is 6.04 Å². The van der Waals surface area contributed by atoms with Gasteiger partial charge in [-0.1, -0.05) is 12.8 Å². The number of nitrogens with one attached hydrogen (secondary N) is 1. The third kappa shape index (κ3) is 5.25. The molecular formula is C12H28N4. The molecule has 1 rings (SSSR count). The fraction of sp³-hybridized carbons (Fsp3) is 1.00. The molecule has 0 aromatic rings. The second-order valence-electron chi connectivity index (χ2n) is 5.11. The first-order chi connectivity index (χ1) is 7.76. The van der Waals surface area contributed by atoms with Gasteiger partial charge in [0.1, 0.15) is 0 Å². The molecule has 0 radical (unpaired) electrons. The Morgan fingerprint density at radius 2 is 1.69 bits per heavy atom. The summed E-state index contributed by atoms with van der Waals surface area (Å²) >= 11 is 0. The summed E-state index contributed by atoms with van der Waals surface area (Å²) in [5, 5.41) is 3.40. The van der Waals surface area contributed by atoms with E-state index in [9.17, 15) is 0 Å². The number of hydrogen-bond acceptors (Lipinski definition) is 4. The van der Waals surface area contributed by atoms with E-state index in [1.807, 2.05) is 0 Å². The first kappa shape index (κ1) is 13.9. The zero-order valence-corrected chi connectivity index (χ0v) is 10.3. The molecule has 1 atom stereocenters. The molecule has 1 aliphatic rings. The maximum Gasteiger partial charge on any atom is 0.0165 e. The van der Waals surface area contributed by atoms with Crippen molar-refractivity contribution in [1.29, 1.82) is 0 Å². The van der Waals surface area contributed by atoms with Crippen molar-refractivity contribution in [1.82, 2.24) is 5.32 Å². The van der Waals surface area contributed by atoms with E-state index >= 15 is 0 Å². The SMILES string of the molecule is NCCNCC1CCC(CC(N)CN)CC1. The summed E-state index contributed by atoms with van der Waals surface area (Å²) < 4.78 is 0. The van der Waals surface area contributed by atoms with Crippen LogP contribution in [0.25, 0.3) is 0 Å². The first-order valence-electron chi connectivity index (χ1n) is 6.62. The molecule has 4 heteroatoms. The van der Waals surface area contributed by atoms with Gasteiger partial charge in [0, 0.05) is 25.7 Å². The van der Waals surface area contributed by atoms with Gasteiger partial charge in [0.15, 0.2) is 0 Å². The zero-order valence-electron chi connectivity index (χ0n) is 10.3. The molecule has 0 aromatic heterocycles. The van der Waals surface area contributed by atoms with Gasteiger partial charge in [0.05, 0.1) is 0 Å². The van der Waals surface area contributed by atoms with Crippen molar-refractivity contribution >= 4 is 0 Å². The Hall–Kier alpha value is -0.160. The van der Waals surface area contributed by atoms with E-state index in [0.717, 1.165) is 37.9 Å². The van der Waals surface area contributed by atoms with E-state index in [1.165, 1.54) is 25.7 Å². The minimum absolute atomic E-state index is 0.205. The molecule has 4 nitrogen and oxygen atoms in total. The second kappa shape index (κ2) is 8.01. The minimum atomic E-state index is 0.205. The summed E-state index contributed by atoms with van der Waals surface area (Å²) in [6, 6.07) is 0.205. The molecule has 0 aromatic carbocycles. The van der Waals surface area contributed by atoms with Crippen LogP contribution in [0.5, 0.6) is 0 Å². The van der Waals surface area contributed by atoms with E-state index in [0.29, 0.717) is 6.54 Å². The van der Waals surface area contributed by atoms with Crippen molar-refractivity contribution in [2.75, 3.05) is 26.2 Å². The molecule has 96 valence electrons. The van der Waals surface area contributed by atoms with Crippen LogP contribution in [0.4, 0.5) is 0 Å². The Balaban J connectivity index is 2.08. The normalized spacial score (nSPS) is 27.9. The predicted octanol–water partition coefficient (Wildman–Crippen LogP) is 0.0172. The van der Waals surface area contributed by atoms with E-state index in [2.05, 4.69) is 5.32 Å². The highest BCUT2D eigenvalue weighted by molar-refractivity contribution is 4.77. The second-order valence-corrected chi connectivity index (χ2v) is 5.11. The van der Waals surface area contributed by atoms with Crippen LogP contribution in [0, 0.1) is 11.8 Å². The Morgan fingerprint density at radius 1 is 1.06 bits per heavy atom. The maximum atomic E-state index is 5.89. The monoisotopic (exact) mass is 228 g/mol. The van der Waals surface area contributed by atoms with E-state index < -0.39 is 0 Å². The van der Waals surface area contributed by atoms with E-state index in [1.54, 1.807) is 0 Å². The number of hydrogen-bond donors (Lipinski definition) is 4. The Bertz CT molecular complexity index is 166. The van der Waals surface area contributed by atoms with Crippen LogP contribution in [-0.4, -0.2) is 32.2 Å². The Morgan fingerprint density at radius 3 is 2.25 bits per heavy atom. The molecule has 0 spiro atoms. The summed E-state index contributed by atoms with van der Waals surface area (Å²) in [5.41, 5.74) is 16.9. The summed E-state index contributed by atoms with van der Waals surface area (Å²) in [4.78, 5) is 0. The minimum Gasteiger partial charge on any atom is -0.329 e. The highest BCUT2D eigenvalue weighted by Gasteiger charge is 2.21. The lowest BCUT2D eigenvalue weighted by atomic mass is 9.79. The predicted molar refractivity (Wildman–Crippen MR) is 69.0 cm³/mol. The van der Waals surface area contributed by atoms with Gasteiger partial charge in [-0.3, -0.25) is 0 Å². The van der Waals surface area contributed by atoms with Gasteiger partial charge in [-0.05, 0) is 37.6 Å². The summed E-state index contributed by atoms with van der Waals surface area (Å²) in [5.74, 6) is 1.65. The lowest BCUT2D eigenvalue weighted by Gasteiger charge is -2.30. The highest BCUT2D eigenvalue weighted by Crippen LogP contribution is 2.30. The lowest BCUT2D eigenvalue weighted by Crippen LogP contribution is -2.34. The molecule has 0 heterocycles. The molecule has 1 unspecified atom stereocenters. The molecule has 1 saturated carbocycles. The van der Waals surface area contributed by atoms with Crippen molar-refractivity contribution in [2.24, 2.45) is 29.0 Å². The van der Waals surface area contributed by atoms with Gasteiger partial charge in [-0.2, -0.15) is 0 Å². The van der Waals surface area contributed by atoms with Crippen molar-refractivity contribution in [3.63, 3.8) is 0 Å². The molecule has 0 saturated heterocycles. The first-order valence-corrected chi connectivity index (χ1v) is 6.62. The third-order valence-corrected chi connectivity index (χ3v) is 3.66. The van der Waals surface area contributed by atoms with Crippen LogP contribution in [0.3, 0.4) is 0 Å². The molecule has 16 heavy (non-hydrogen) atoms. The standard InChI is InChI=1S/C12H28N4/c13-5-6-16-9-11-3-1-10(2-4-11)7-12(15)8-14/h10-12,16H,1-9,13-15H2. The molecule has 0 bridgehead atoms. The summed E-state index contributed by atoms with van der Waals surface area (Å²) in [6.45, 7) is 3.43. The third-order valence-electron chi connectivity index (χ3n) is 3.66. The van der Waals surface area contributed by atoms with Gasteiger partial charge in [0.2, 0.25) is 0 Å². The zero-order chi connectivity index (χ0) is 11.8. The summed E-state index contributed by atoms with van der Waals surface area (Å²) in [6.07, 6.45) is 6.42. The molecule has 1 fully saturated rings. The maximum absolute atomic E-state index is 5.89. The van der Waals surface area contributed by atoms with Gasteiger partial charge in [0.25, 0.3) is 0 Å². The Labute approximate surface area is 99.3 Å². The van der Waals surface area contributed by atoms with Crippen LogP contribution in [-0.2, 0) is 0 Å². The van der Waals surface area contributed by atoms with Crippen LogP contribution in [0.2, 0.25) is 0 Å². The van der Waals surface area contributed by atoms with Crippen LogP contribution in [0.1, 0.15) is 32.1 Å². The van der Waals surface area contributed by atoms with Crippen molar-refractivity contribution in [3.8, 4) is 0 Å². The topological polar surface area (TPSA) is 90.1 Å². The highest BCUT2D eigenvalue weighted by atomic mass is 14.9. The number of rotatable bonds is 7. The van der Waals surface area contributed by atoms with E-state index in [4.69, 9.17) is 17.2 Å². The summed E-state index contributed by atoms with van der Waals surface area (Å²) in [7, 11) is 0. The van der Waals surface area contributed by atoms with Gasteiger partial charge < -0.3 is 22.5 Å². The Kier molecular flexibility index (Phi) is 6.96. The average Bonchev–Trinajstić information content (AvgIpc) is 2.31. The largest absolute Gasteiger partial charge is 0.329 e. The lowest BCUT2D eigenvalue weighted by molar-refractivity contribution is 0.248. The fourth-order valence-electron chi connectivity index (χ4n) is 2.60. The molecule has 0 aliphatic heterocycles. The molecule has 7 N–H and O–H groups in total. The van der Waals surface area contributed by atoms with Crippen molar-refractivity contribution in [3.05, 3.63) is 0 Å².